The highest BCUT2D eigenvalue weighted by molar-refractivity contribution is 5.73. The standard InChI is InChI=1S/C17H26N2O3/c1-13-4-5-16(22-13)10-18-7-6-17(12-21-3)11-19(14(2)20)9-15(17)8-18/h4-5,15H,6-12H2,1-3H3/t15-,17+/m1/s1. The average Bonchev–Trinajstić information content (AvgIpc) is 3.03. The zero-order chi connectivity index (χ0) is 15.7. The molecule has 0 spiro atoms. The summed E-state index contributed by atoms with van der Waals surface area (Å²) in [5.74, 6) is 2.65. The van der Waals surface area contributed by atoms with E-state index < -0.39 is 0 Å². The Hall–Kier alpha value is -1.33. The van der Waals surface area contributed by atoms with E-state index in [-0.39, 0.29) is 11.3 Å². The molecule has 0 aliphatic carbocycles. The number of hydrogen-bond acceptors (Lipinski definition) is 4. The number of ether oxygens (including phenoxy) is 1. The van der Waals surface area contributed by atoms with Gasteiger partial charge >= 0.3 is 0 Å². The number of methoxy groups -OCH3 is 1. The normalized spacial score (nSPS) is 28.9. The molecule has 0 saturated carbocycles. The molecule has 0 radical (unpaired) electrons. The summed E-state index contributed by atoms with van der Waals surface area (Å²) < 4.78 is 11.2. The van der Waals surface area contributed by atoms with Gasteiger partial charge in [0, 0.05) is 39.1 Å². The molecule has 5 nitrogen and oxygen atoms in total. The third-order valence-electron chi connectivity index (χ3n) is 5.27. The number of carbonyl (C=O) groups excluding carboxylic acids is 1. The van der Waals surface area contributed by atoms with E-state index in [1.807, 2.05) is 17.9 Å². The van der Waals surface area contributed by atoms with Crippen molar-refractivity contribution in [3.63, 3.8) is 0 Å². The van der Waals surface area contributed by atoms with Gasteiger partial charge in [0.05, 0.1) is 13.2 Å². The molecule has 22 heavy (non-hydrogen) atoms. The number of aryl methyl sites for hydroxylation is 1. The fourth-order valence-corrected chi connectivity index (χ4v) is 4.05. The predicted octanol–water partition coefficient (Wildman–Crippen LogP) is 1.90. The van der Waals surface area contributed by atoms with Crippen LogP contribution < -0.4 is 0 Å². The number of fused-ring (bicyclic) bond motifs is 1. The SMILES string of the molecule is COC[C@@]12CCN(Cc3ccc(C)o3)C[C@@H]1CN(C(C)=O)C2. The highest BCUT2D eigenvalue weighted by Gasteiger charge is 2.50. The molecule has 0 aromatic carbocycles. The number of amides is 1. The molecule has 0 N–H and O–H groups in total. The van der Waals surface area contributed by atoms with E-state index in [1.54, 1.807) is 14.0 Å². The van der Waals surface area contributed by atoms with Crippen LogP contribution in [-0.4, -0.2) is 55.6 Å². The smallest absolute Gasteiger partial charge is 0.219 e. The van der Waals surface area contributed by atoms with E-state index in [2.05, 4.69) is 11.0 Å². The summed E-state index contributed by atoms with van der Waals surface area (Å²) in [6.07, 6.45) is 1.08. The number of likely N-dealkylation sites (tertiary alicyclic amines) is 2. The van der Waals surface area contributed by atoms with Crippen molar-refractivity contribution in [3.8, 4) is 0 Å². The van der Waals surface area contributed by atoms with Gasteiger partial charge in [-0.15, -0.1) is 0 Å². The van der Waals surface area contributed by atoms with Gasteiger partial charge in [0.2, 0.25) is 5.91 Å². The van der Waals surface area contributed by atoms with E-state index in [1.165, 1.54) is 0 Å². The summed E-state index contributed by atoms with van der Waals surface area (Å²) in [6, 6.07) is 4.07. The number of piperidine rings is 1. The number of furan rings is 1. The Labute approximate surface area is 132 Å². The molecule has 1 amide bonds. The van der Waals surface area contributed by atoms with Gasteiger partial charge in [-0.05, 0) is 37.9 Å². The molecule has 2 saturated heterocycles. The summed E-state index contributed by atoms with van der Waals surface area (Å²) in [6.45, 7) is 8.98. The zero-order valence-corrected chi connectivity index (χ0v) is 13.8. The maximum atomic E-state index is 11.8. The van der Waals surface area contributed by atoms with Gasteiger partial charge in [-0.25, -0.2) is 0 Å². The number of hydrogen-bond donors (Lipinski definition) is 0. The number of carbonyl (C=O) groups is 1. The molecule has 5 heteroatoms. The Morgan fingerprint density at radius 1 is 1.45 bits per heavy atom. The van der Waals surface area contributed by atoms with Crippen molar-refractivity contribution in [1.29, 1.82) is 0 Å². The van der Waals surface area contributed by atoms with E-state index in [9.17, 15) is 4.79 Å². The topological polar surface area (TPSA) is 45.9 Å². The van der Waals surface area contributed by atoms with Crippen molar-refractivity contribution >= 4 is 5.91 Å². The Kier molecular flexibility index (Phi) is 4.28. The van der Waals surface area contributed by atoms with Gasteiger partial charge in [0.15, 0.2) is 0 Å². The minimum Gasteiger partial charge on any atom is -0.465 e. The highest BCUT2D eigenvalue weighted by atomic mass is 16.5. The molecular weight excluding hydrogens is 280 g/mol. The van der Waals surface area contributed by atoms with Crippen LogP contribution in [0.5, 0.6) is 0 Å². The van der Waals surface area contributed by atoms with Gasteiger partial charge in [-0.2, -0.15) is 0 Å². The van der Waals surface area contributed by atoms with Crippen LogP contribution in [0.25, 0.3) is 0 Å². The predicted molar refractivity (Wildman–Crippen MR) is 83.4 cm³/mol. The van der Waals surface area contributed by atoms with E-state index in [0.29, 0.717) is 5.92 Å². The molecule has 3 rings (SSSR count). The van der Waals surface area contributed by atoms with Crippen LogP contribution >= 0.6 is 0 Å². The van der Waals surface area contributed by atoms with Gasteiger partial charge in [0.1, 0.15) is 11.5 Å². The molecule has 2 aliphatic heterocycles. The van der Waals surface area contributed by atoms with Crippen molar-refractivity contribution in [2.45, 2.75) is 26.8 Å². The van der Waals surface area contributed by atoms with E-state index in [4.69, 9.17) is 9.15 Å². The molecule has 2 atom stereocenters. The monoisotopic (exact) mass is 306 g/mol. The Morgan fingerprint density at radius 3 is 2.91 bits per heavy atom. The Morgan fingerprint density at radius 2 is 2.27 bits per heavy atom. The Balaban J connectivity index is 1.69. The summed E-state index contributed by atoms with van der Waals surface area (Å²) in [5.41, 5.74) is 0.135. The van der Waals surface area contributed by atoms with Crippen molar-refractivity contribution in [2.75, 3.05) is 39.9 Å². The second kappa shape index (κ2) is 6.05. The summed E-state index contributed by atoms with van der Waals surface area (Å²) in [4.78, 5) is 16.2. The number of rotatable bonds is 4. The highest BCUT2D eigenvalue weighted by Crippen LogP contribution is 2.43. The first-order chi connectivity index (χ1) is 10.5. The molecule has 1 aromatic rings. The van der Waals surface area contributed by atoms with Gasteiger partial charge in [-0.3, -0.25) is 9.69 Å². The quantitative estimate of drug-likeness (QED) is 0.852. The minimum absolute atomic E-state index is 0.135. The molecule has 0 bridgehead atoms. The largest absolute Gasteiger partial charge is 0.465 e. The zero-order valence-electron chi connectivity index (χ0n) is 13.8. The van der Waals surface area contributed by atoms with Gasteiger partial charge in [0.25, 0.3) is 0 Å². The minimum atomic E-state index is 0.135. The second-order valence-electron chi connectivity index (χ2n) is 6.89. The molecule has 3 heterocycles. The van der Waals surface area contributed by atoms with Crippen molar-refractivity contribution in [3.05, 3.63) is 23.7 Å². The van der Waals surface area contributed by atoms with Crippen molar-refractivity contribution < 1.29 is 13.9 Å². The fraction of sp³-hybridized carbons (Fsp3) is 0.706. The maximum absolute atomic E-state index is 11.8. The first-order valence-corrected chi connectivity index (χ1v) is 8.04. The van der Waals surface area contributed by atoms with Gasteiger partial charge < -0.3 is 14.1 Å². The fourth-order valence-electron chi connectivity index (χ4n) is 4.05. The van der Waals surface area contributed by atoms with Crippen LogP contribution in [0.4, 0.5) is 0 Å². The van der Waals surface area contributed by atoms with E-state index in [0.717, 1.165) is 57.3 Å². The van der Waals surface area contributed by atoms with Crippen LogP contribution in [0.1, 0.15) is 24.9 Å². The molecule has 2 aliphatic rings. The van der Waals surface area contributed by atoms with Crippen LogP contribution in [0.2, 0.25) is 0 Å². The Bertz CT molecular complexity index is 542. The van der Waals surface area contributed by atoms with Crippen LogP contribution in [0, 0.1) is 18.3 Å². The maximum Gasteiger partial charge on any atom is 0.219 e. The third-order valence-corrected chi connectivity index (χ3v) is 5.27. The summed E-state index contributed by atoms with van der Waals surface area (Å²) in [7, 11) is 1.76. The van der Waals surface area contributed by atoms with Crippen LogP contribution in [0.15, 0.2) is 16.5 Å². The lowest BCUT2D eigenvalue weighted by Crippen LogP contribution is -2.48. The first kappa shape index (κ1) is 15.6. The third kappa shape index (κ3) is 2.92. The van der Waals surface area contributed by atoms with Crippen molar-refractivity contribution in [1.82, 2.24) is 9.80 Å². The van der Waals surface area contributed by atoms with Crippen LogP contribution in [-0.2, 0) is 16.1 Å². The summed E-state index contributed by atoms with van der Waals surface area (Å²) in [5, 5.41) is 0. The molecule has 122 valence electrons. The summed E-state index contributed by atoms with van der Waals surface area (Å²) >= 11 is 0. The van der Waals surface area contributed by atoms with Crippen molar-refractivity contribution in [2.24, 2.45) is 11.3 Å². The van der Waals surface area contributed by atoms with E-state index >= 15 is 0 Å². The average molecular weight is 306 g/mol. The lowest BCUT2D eigenvalue weighted by Gasteiger charge is -2.42. The first-order valence-electron chi connectivity index (χ1n) is 8.04. The second-order valence-corrected chi connectivity index (χ2v) is 6.89. The van der Waals surface area contributed by atoms with Crippen LogP contribution in [0.3, 0.4) is 0 Å². The lowest BCUT2D eigenvalue weighted by molar-refractivity contribution is -0.128. The molecule has 0 unspecified atom stereocenters. The molecule has 2 fully saturated rings. The van der Waals surface area contributed by atoms with Gasteiger partial charge in [-0.1, -0.05) is 0 Å². The molecular formula is C17H26N2O3. The molecule has 1 aromatic heterocycles. The number of nitrogens with zero attached hydrogens (tertiary/aromatic N) is 2. The lowest BCUT2D eigenvalue weighted by atomic mass is 9.73.